The lowest BCUT2D eigenvalue weighted by atomic mass is 9.87. The van der Waals surface area contributed by atoms with Crippen LogP contribution in [0.25, 0.3) is 0 Å². The number of allylic oxidation sites excluding steroid dienone is 1. The number of ketones is 1. The molecule has 1 atom stereocenters. The predicted molar refractivity (Wildman–Crippen MR) is 133 cm³/mol. The minimum Gasteiger partial charge on any atom is -0.493 e. The summed E-state index contributed by atoms with van der Waals surface area (Å²) in [6.45, 7) is 6.92. The zero-order valence-corrected chi connectivity index (χ0v) is 21.7. The Balaban J connectivity index is 1.40. The highest BCUT2D eigenvalue weighted by Gasteiger charge is 2.46. The van der Waals surface area contributed by atoms with Gasteiger partial charge >= 0.3 is 6.09 Å². The Morgan fingerprint density at radius 1 is 1.18 bits per heavy atom. The van der Waals surface area contributed by atoms with E-state index in [0.717, 1.165) is 48.3 Å². The molecule has 0 N–H and O–H groups in total. The SMILES string of the molecule is COc1cccc(CC2CC3=C(S2)SC2(CCN(C(=O)OC(C)(C)C)CC2)CC3=O)c1OC. The number of likely N-dealkylation sites (tertiary alicyclic amines) is 1. The van der Waals surface area contributed by atoms with Gasteiger partial charge in [0.1, 0.15) is 5.60 Å². The maximum atomic E-state index is 13.1. The second kappa shape index (κ2) is 9.45. The summed E-state index contributed by atoms with van der Waals surface area (Å²) in [6.07, 6.45) is 3.56. The molecule has 180 valence electrons. The van der Waals surface area contributed by atoms with Crippen molar-refractivity contribution in [2.45, 2.75) is 68.5 Å². The van der Waals surface area contributed by atoms with Gasteiger partial charge in [-0.15, -0.1) is 23.5 Å². The fraction of sp³-hybridized carbons (Fsp3) is 0.600. The number of amides is 1. The van der Waals surface area contributed by atoms with E-state index in [1.54, 1.807) is 19.1 Å². The van der Waals surface area contributed by atoms with E-state index in [1.807, 2.05) is 56.4 Å². The number of nitrogens with zero attached hydrogens (tertiary/aromatic N) is 1. The highest BCUT2D eigenvalue weighted by atomic mass is 32.2. The molecular formula is C25H33NO5S2. The smallest absolute Gasteiger partial charge is 0.410 e. The molecule has 0 aromatic heterocycles. The highest BCUT2D eigenvalue weighted by Crippen LogP contribution is 2.57. The first-order chi connectivity index (χ1) is 15.6. The Morgan fingerprint density at radius 2 is 1.91 bits per heavy atom. The number of carbonyl (C=O) groups is 2. The van der Waals surface area contributed by atoms with E-state index in [9.17, 15) is 9.59 Å². The number of thioether (sulfide) groups is 2. The Morgan fingerprint density at radius 3 is 2.55 bits per heavy atom. The molecule has 0 radical (unpaired) electrons. The van der Waals surface area contributed by atoms with Crippen molar-refractivity contribution in [2.24, 2.45) is 0 Å². The molecule has 1 unspecified atom stereocenters. The van der Waals surface area contributed by atoms with Crippen molar-refractivity contribution in [1.29, 1.82) is 0 Å². The van der Waals surface area contributed by atoms with Crippen LogP contribution in [-0.2, 0) is 16.0 Å². The van der Waals surface area contributed by atoms with Gasteiger partial charge in [0.2, 0.25) is 0 Å². The van der Waals surface area contributed by atoms with Crippen LogP contribution in [0.2, 0.25) is 0 Å². The lowest BCUT2D eigenvalue weighted by molar-refractivity contribution is -0.116. The minimum atomic E-state index is -0.498. The van der Waals surface area contributed by atoms with Crippen LogP contribution in [0.15, 0.2) is 28.0 Å². The Kier molecular flexibility index (Phi) is 6.97. The van der Waals surface area contributed by atoms with Crippen molar-refractivity contribution in [3.63, 3.8) is 0 Å². The first-order valence-electron chi connectivity index (χ1n) is 11.4. The number of carbonyl (C=O) groups excluding carboxylic acids is 2. The fourth-order valence-electron chi connectivity index (χ4n) is 4.70. The van der Waals surface area contributed by atoms with E-state index in [2.05, 4.69) is 6.07 Å². The lowest BCUT2D eigenvalue weighted by Crippen LogP contribution is -2.48. The number of para-hydroxylation sites is 1. The Bertz CT molecular complexity index is 960. The normalized spacial score (nSPS) is 22.4. The summed E-state index contributed by atoms with van der Waals surface area (Å²) in [4.78, 5) is 27.4. The fourth-order valence-corrected chi connectivity index (χ4v) is 8.29. The third kappa shape index (κ3) is 5.32. The molecule has 8 heteroatoms. The summed E-state index contributed by atoms with van der Waals surface area (Å²) >= 11 is 3.70. The monoisotopic (exact) mass is 491 g/mol. The number of ether oxygens (including phenoxy) is 3. The van der Waals surface area contributed by atoms with Crippen LogP contribution in [-0.4, -0.2) is 59.7 Å². The summed E-state index contributed by atoms with van der Waals surface area (Å²) in [5.41, 5.74) is 1.60. The number of methoxy groups -OCH3 is 2. The Hall–Kier alpha value is -1.80. The maximum absolute atomic E-state index is 13.1. The average Bonchev–Trinajstić information content (AvgIpc) is 3.15. The molecule has 3 aliphatic heterocycles. The number of rotatable bonds is 4. The van der Waals surface area contributed by atoms with Crippen LogP contribution in [0.5, 0.6) is 11.5 Å². The molecule has 4 rings (SSSR count). The van der Waals surface area contributed by atoms with E-state index in [4.69, 9.17) is 14.2 Å². The molecule has 0 aliphatic carbocycles. The van der Waals surface area contributed by atoms with Crippen LogP contribution in [0.1, 0.15) is 52.0 Å². The van der Waals surface area contributed by atoms with Gasteiger partial charge in [-0.2, -0.15) is 0 Å². The molecule has 1 spiro atoms. The summed E-state index contributed by atoms with van der Waals surface area (Å²) in [7, 11) is 3.31. The van der Waals surface area contributed by atoms with Crippen molar-refractivity contribution < 1.29 is 23.8 Å². The van der Waals surface area contributed by atoms with Crippen molar-refractivity contribution in [1.82, 2.24) is 4.90 Å². The molecule has 1 fully saturated rings. The zero-order chi connectivity index (χ0) is 23.8. The summed E-state index contributed by atoms with van der Waals surface area (Å²) in [5, 5.41) is 0.310. The first kappa shape index (κ1) is 24.3. The molecule has 0 bridgehead atoms. The van der Waals surface area contributed by atoms with E-state index in [-0.39, 0.29) is 16.6 Å². The second-order valence-corrected chi connectivity index (χ2v) is 13.0. The highest BCUT2D eigenvalue weighted by molar-refractivity contribution is 8.23. The van der Waals surface area contributed by atoms with E-state index in [0.29, 0.717) is 24.8 Å². The molecule has 33 heavy (non-hydrogen) atoms. The van der Waals surface area contributed by atoms with Crippen molar-refractivity contribution in [3.05, 3.63) is 33.6 Å². The van der Waals surface area contributed by atoms with E-state index in [1.165, 1.54) is 4.24 Å². The average molecular weight is 492 g/mol. The minimum absolute atomic E-state index is 0.107. The topological polar surface area (TPSA) is 65.1 Å². The standard InChI is InChI=1S/C25H33NO5S2/c1-24(2,3)31-23(28)26-11-9-25(10-12-26)15-19(27)18-14-17(32-22(18)33-25)13-16-7-6-8-20(29-4)21(16)30-5/h6-8,17H,9-15H2,1-5H3. The van der Waals surface area contributed by atoms with Gasteiger partial charge in [0.05, 0.1) is 14.2 Å². The van der Waals surface area contributed by atoms with Gasteiger partial charge in [0.25, 0.3) is 0 Å². The van der Waals surface area contributed by atoms with Gasteiger partial charge in [-0.05, 0) is 58.1 Å². The van der Waals surface area contributed by atoms with Crippen molar-refractivity contribution in [2.75, 3.05) is 27.3 Å². The van der Waals surface area contributed by atoms with Gasteiger partial charge < -0.3 is 19.1 Å². The summed E-state index contributed by atoms with van der Waals surface area (Å²) < 4.78 is 17.7. The molecule has 1 aromatic carbocycles. The van der Waals surface area contributed by atoms with Gasteiger partial charge in [0.15, 0.2) is 17.3 Å². The molecule has 0 saturated carbocycles. The van der Waals surface area contributed by atoms with Crippen LogP contribution >= 0.6 is 23.5 Å². The molecular weight excluding hydrogens is 458 g/mol. The third-order valence-corrected chi connectivity index (χ3v) is 9.42. The molecule has 6 nitrogen and oxygen atoms in total. The maximum Gasteiger partial charge on any atom is 0.410 e. The largest absolute Gasteiger partial charge is 0.493 e. The molecule has 1 amide bonds. The Labute approximate surface area is 204 Å². The number of hydrogen-bond donors (Lipinski definition) is 0. The summed E-state index contributed by atoms with van der Waals surface area (Å²) in [5.74, 6) is 1.79. The van der Waals surface area contributed by atoms with Gasteiger partial charge in [0, 0.05) is 39.3 Å². The zero-order valence-electron chi connectivity index (χ0n) is 20.1. The van der Waals surface area contributed by atoms with Gasteiger partial charge in [-0.3, -0.25) is 4.79 Å². The summed E-state index contributed by atoms with van der Waals surface area (Å²) in [6, 6.07) is 5.96. The first-order valence-corrected chi connectivity index (χ1v) is 13.1. The van der Waals surface area contributed by atoms with Crippen molar-refractivity contribution in [3.8, 4) is 11.5 Å². The second-order valence-electron chi connectivity index (χ2n) is 9.92. The van der Waals surface area contributed by atoms with Crippen molar-refractivity contribution >= 4 is 35.4 Å². The molecule has 1 saturated heterocycles. The third-order valence-electron chi connectivity index (χ3n) is 6.34. The predicted octanol–water partition coefficient (Wildman–Crippen LogP) is 5.44. The quantitative estimate of drug-likeness (QED) is 0.556. The van der Waals surface area contributed by atoms with Crippen LogP contribution in [0.3, 0.4) is 0 Å². The number of Topliss-reactive ketones (excluding diaryl/α,β-unsaturated/α-hetero) is 1. The van der Waals surface area contributed by atoms with E-state index >= 15 is 0 Å². The van der Waals surface area contributed by atoms with Crippen LogP contribution in [0, 0.1) is 0 Å². The number of benzene rings is 1. The number of hydrogen-bond acceptors (Lipinski definition) is 7. The lowest BCUT2D eigenvalue weighted by Gasteiger charge is -2.43. The van der Waals surface area contributed by atoms with Crippen LogP contribution < -0.4 is 9.47 Å². The number of piperidine rings is 1. The molecule has 3 aliphatic rings. The van der Waals surface area contributed by atoms with Gasteiger partial charge in [-0.25, -0.2) is 4.79 Å². The van der Waals surface area contributed by atoms with Gasteiger partial charge in [-0.1, -0.05) is 12.1 Å². The van der Waals surface area contributed by atoms with Crippen LogP contribution in [0.4, 0.5) is 4.79 Å². The molecule has 1 aromatic rings. The molecule has 3 heterocycles. The van der Waals surface area contributed by atoms with E-state index < -0.39 is 5.60 Å².